The number of ether oxygens (including phenoxy) is 2. The van der Waals surface area contributed by atoms with Gasteiger partial charge in [-0.15, -0.1) is 0 Å². The van der Waals surface area contributed by atoms with E-state index in [1.54, 1.807) is 19.4 Å². The van der Waals surface area contributed by atoms with E-state index in [2.05, 4.69) is 4.98 Å². The summed E-state index contributed by atoms with van der Waals surface area (Å²) in [5.74, 6) is 0.441. The van der Waals surface area contributed by atoms with Crippen molar-refractivity contribution in [3.05, 3.63) is 23.5 Å². The second kappa shape index (κ2) is 4.60. The van der Waals surface area contributed by atoms with Crippen LogP contribution in [0.1, 0.15) is 18.2 Å². The molecule has 1 aromatic rings. The van der Waals surface area contributed by atoms with Crippen molar-refractivity contribution in [1.82, 2.24) is 4.98 Å². The van der Waals surface area contributed by atoms with Gasteiger partial charge in [0.1, 0.15) is 12.4 Å². The zero-order chi connectivity index (χ0) is 10.6. The lowest BCUT2D eigenvalue weighted by Crippen LogP contribution is -2.03. The molecule has 0 unspecified atom stereocenters. The highest BCUT2D eigenvalue weighted by Crippen LogP contribution is 2.19. The Labute approximate surface area is 82.9 Å². The smallest absolute Gasteiger partial charge is 0.303 e. The zero-order valence-corrected chi connectivity index (χ0v) is 8.53. The standard InChI is InChI=1S/C10H13NO3/c1-7-9(6-14-8(2)12)11-5-4-10(7)13-3/h4-5H,6H2,1-3H3. The normalized spacial score (nSPS) is 9.64. The molecule has 0 atom stereocenters. The molecule has 1 heterocycles. The van der Waals surface area contributed by atoms with Crippen LogP contribution in [0, 0.1) is 6.92 Å². The largest absolute Gasteiger partial charge is 0.496 e. The van der Waals surface area contributed by atoms with Gasteiger partial charge in [-0.2, -0.15) is 0 Å². The highest BCUT2D eigenvalue weighted by atomic mass is 16.5. The molecular weight excluding hydrogens is 182 g/mol. The molecule has 0 radical (unpaired) electrons. The highest BCUT2D eigenvalue weighted by molar-refractivity contribution is 5.65. The maximum Gasteiger partial charge on any atom is 0.303 e. The molecule has 14 heavy (non-hydrogen) atoms. The van der Waals surface area contributed by atoms with Crippen LogP contribution in [0.2, 0.25) is 0 Å². The first-order chi connectivity index (χ1) is 6.65. The summed E-state index contributed by atoms with van der Waals surface area (Å²) >= 11 is 0. The first-order valence-electron chi connectivity index (χ1n) is 4.27. The maximum absolute atomic E-state index is 10.6. The van der Waals surface area contributed by atoms with Gasteiger partial charge in [0.25, 0.3) is 0 Å². The van der Waals surface area contributed by atoms with Crippen LogP contribution in [0.4, 0.5) is 0 Å². The van der Waals surface area contributed by atoms with Gasteiger partial charge in [-0.3, -0.25) is 9.78 Å². The molecule has 76 valence electrons. The van der Waals surface area contributed by atoms with Gasteiger partial charge >= 0.3 is 5.97 Å². The SMILES string of the molecule is COc1ccnc(COC(C)=O)c1C. The Morgan fingerprint density at radius 2 is 2.29 bits per heavy atom. The number of esters is 1. The van der Waals surface area contributed by atoms with E-state index in [4.69, 9.17) is 9.47 Å². The van der Waals surface area contributed by atoms with Gasteiger partial charge in [0.05, 0.1) is 12.8 Å². The van der Waals surface area contributed by atoms with Crippen molar-refractivity contribution >= 4 is 5.97 Å². The number of hydrogen-bond donors (Lipinski definition) is 0. The molecule has 0 saturated carbocycles. The van der Waals surface area contributed by atoms with Gasteiger partial charge in [-0.05, 0) is 13.0 Å². The molecule has 0 N–H and O–H groups in total. The molecule has 0 amide bonds. The number of carbonyl (C=O) groups is 1. The van der Waals surface area contributed by atoms with E-state index in [-0.39, 0.29) is 12.6 Å². The molecular formula is C10H13NO3. The second-order valence-corrected chi connectivity index (χ2v) is 2.87. The summed E-state index contributed by atoms with van der Waals surface area (Å²) < 4.78 is 9.96. The first kappa shape index (κ1) is 10.5. The van der Waals surface area contributed by atoms with Crippen molar-refractivity contribution in [3.8, 4) is 5.75 Å². The molecule has 0 aliphatic carbocycles. The lowest BCUT2D eigenvalue weighted by atomic mass is 10.2. The minimum absolute atomic E-state index is 0.193. The average molecular weight is 195 g/mol. The molecule has 0 fully saturated rings. The predicted octanol–water partition coefficient (Wildman–Crippen LogP) is 1.46. The van der Waals surface area contributed by atoms with Crippen molar-refractivity contribution < 1.29 is 14.3 Å². The molecule has 0 spiro atoms. The van der Waals surface area contributed by atoms with Crippen LogP contribution in [0.25, 0.3) is 0 Å². The summed E-state index contributed by atoms with van der Waals surface area (Å²) in [5.41, 5.74) is 1.62. The molecule has 1 aromatic heterocycles. The summed E-state index contributed by atoms with van der Waals surface area (Å²) in [6, 6.07) is 1.77. The molecule has 4 nitrogen and oxygen atoms in total. The Kier molecular flexibility index (Phi) is 3.45. The van der Waals surface area contributed by atoms with E-state index in [9.17, 15) is 4.79 Å². The monoisotopic (exact) mass is 195 g/mol. The number of rotatable bonds is 3. The number of carbonyl (C=O) groups excluding carboxylic acids is 1. The molecule has 0 saturated heterocycles. The fraction of sp³-hybridized carbons (Fsp3) is 0.400. The number of aromatic nitrogens is 1. The van der Waals surface area contributed by atoms with Crippen molar-refractivity contribution in [2.24, 2.45) is 0 Å². The Morgan fingerprint density at radius 3 is 2.86 bits per heavy atom. The third-order valence-corrected chi connectivity index (χ3v) is 1.89. The average Bonchev–Trinajstić information content (AvgIpc) is 2.16. The summed E-state index contributed by atoms with van der Waals surface area (Å²) in [5, 5.41) is 0. The minimum atomic E-state index is -0.311. The van der Waals surface area contributed by atoms with Crippen LogP contribution in [-0.4, -0.2) is 18.1 Å². The zero-order valence-electron chi connectivity index (χ0n) is 8.53. The summed E-state index contributed by atoms with van der Waals surface area (Å²) in [6.07, 6.45) is 1.63. The molecule has 0 aliphatic heterocycles. The van der Waals surface area contributed by atoms with Gasteiger partial charge in [0.15, 0.2) is 0 Å². The molecule has 0 aliphatic rings. The van der Waals surface area contributed by atoms with Gasteiger partial charge in [-0.1, -0.05) is 0 Å². The van der Waals surface area contributed by atoms with E-state index in [0.717, 1.165) is 17.0 Å². The van der Waals surface area contributed by atoms with Crippen molar-refractivity contribution in [2.45, 2.75) is 20.5 Å². The summed E-state index contributed by atoms with van der Waals surface area (Å²) in [4.78, 5) is 14.7. The van der Waals surface area contributed by atoms with Gasteiger partial charge in [0.2, 0.25) is 0 Å². The number of pyridine rings is 1. The van der Waals surface area contributed by atoms with E-state index in [1.165, 1.54) is 6.92 Å². The number of hydrogen-bond acceptors (Lipinski definition) is 4. The van der Waals surface area contributed by atoms with Gasteiger partial charge in [-0.25, -0.2) is 0 Å². The molecule has 0 bridgehead atoms. The molecule has 0 aromatic carbocycles. The van der Waals surface area contributed by atoms with Crippen LogP contribution < -0.4 is 4.74 Å². The Balaban J connectivity index is 2.81. The van der Waals surface area contributed by atoms with E-state index in [0.29, 0.717) is 0 Å². The van der Waals surface area contributed by atoms with Crippen LogP contribution in [0.3, 0.4) is 0 Å². The first-order valence-corrected chi connectivity index (χ1v) is 4.27. The van der Waals surface area contributed by atoms with E-state index < -0.39 is 0 Å². The summed E-state index contributed by atoms with van der Waals surface area (Å²) in [6.45, 7) is 3.44. The Morgan fingerprint density at radius 1 is 1.57 bits per heavy atom. The van der Waals surface area contributed by atoms with Crippen LogP contribution in [0.5, 0.6) is 5.75 Å². The molecule has 1 rings (SSSR count). The summed E-state index contributed by atoms with van der Waals surface area (Å²) in [7, 11) is 1.60. The van der Waals surface area contributed by atoms with Crippen molar-refractivity contribution in [2.75, 3.05) is 7.11 Å². The quantitative estimate of drug-likeness (QED) is 0.685. The van der Waals surface area contributed by atoms with E-state index >= 15 is 0 Å². The van der Waals surface area contributed by atoms with Gasteiger partial charge in [0, 0.05) is 18.7 Å². The lowest BCUT2D eigenvalue weighted by Gasteiger charge is -2.08. The van der Waals surface area contributed by atoms with Crippen LogP contribution in [-0.2, 0) is 16.1 Å². The second-order valence-electron chi connectivity index (χ2n) is 2.87. The van der Waals surface area contributed by atoms with Crippen molar-refractivity contribution in [3.63, 3.8) is 0 Å². The minimum Gasteiger partial charge on any atom is -0.496 e. The fourth-order valence-electron chi connectivity index (χ4n) is 1.10. The maximum atomic E-state index is 10.6. The number of nitrogens with zero attached hydrogens (tertiary/aromatic N) is 1. The topological polar surface area (TPSA) is 48.4 Å². The van der Waals surface area contributed by atoms with E-state index in [1.807, 2.05) is 6.92 Å². The van der Waals surface area contributed by atoms with Crippen LogP contribution in [0.15, 0.2) is 12.3 Å². The predicted molar refractivity (Wildman–Crippen MR) is 51.0 cm³/mol. The third kappa shape index (κ3) is 2.45. The number of methoxy groups -OCH3 is 1. The fourth-order valence-corrected chi connectivity index (χ4v) is 1.10. The Bertz CT molecular complexity index is 336. The van der Waals surface area contributed by atoms with Crippen molar-refractivity contribution in [1.29, 1.82) is 0 Å². The van der Waals surface area contributed by atoms with Crippen LogP contribution >= 0.6 is 0 Å². The lowest BCUT2D eigenvalue weighted by molar-refractivity contribution is -0.142. The Hall–Kier alpha value is -1.58. The van der Waals surface area contributed by atoms with Gasteiger partial charge < -0.3 is 9.47 Å². The highest BCUT2D eigenvalue weighted by Gasteiger charge is 2.06. The third-order valence-electron chi connectivity index (χ3n) is 1.89. The molecule has 4 heteroatoms.